The Morgan fingerprint density at radius 2 is 2.15 bits per heavy atom. The number of carbonyl (C=O) groups is 1. The molecule has 0 radical (unpaired) electrons. The molecule has 1 atom stereocenters. The van der Waals surface area contributed by atoms with Crippen LogP contribution in [-0.2, 0) is 0 Å². The van der Waals surface area contributed by atoms with Crippen molar-refractivity contribution in [2.75, 3.05) is 30.8 Å². The molecule has 3 N–H and O–H groups in total. The predicted molar refractivity (Wildman–Crippen MR) is 105 cm³/mol. The Kier molecular flexibility index (Phi) is 5.75. The fourth-order valence-electron chi connectivity index (χ4n) is 2.60. The summed E-state index contributed by atoms with van der Waals surface area (Å²) in [5, 5.41) is 8.69. The van der Waals surface area contributed by atoms with Crippen molar-refractivity contribution in [1.29, 1.82) is 0 Å². The Bertz CT molecular complexity index is 821. The summed E-state index contributed by atoms with van der Waals surface area (Å²) < 4.78 is 5.98. The van der Waals surface area contributed by atoms with Crippen molar-refractivity contribution < 1.29 is 9.53 Å². The molecular weight excluding hydrogens is 344 g/mol. The molecule has 0 fully saturated rings. The summed E-state index contributed by atoms with van der Waals surface area (Å²) in [5.74, 6) is 1.00. The van der Waals surface area contributed by atoms with E-state index in [-0.39, 0.29) is 6.04 Å². The van der Waals surface area contributed by atoms with Gasteiger partial charge in [0.1, 0.15) is 12.4 Å². The van der Waals surface area contributed by atoms with Gasteiger partial charge in [-0.15, -0.1) is 0 Å². The number of anilines is 2. The lowest BCUT2D eigenvalue weighted by Crippen LogP contribution is -2.43. The number of nitrogens with zero attached hydrogens (tertiary/aromatic N) is 3. The highest BCUT2D eigenvalue weighted by Gasteiger charge is 2.17. The van der Waals surface area contributed by atoms with Crippen molar-refractivity contribution in [3.8, 4) is 5.75 Å². The standard InChI is InChI=1S/C19H24N6O2/c1-13-4-5-17(27-12-15-10-20-6-7-25(15)3)16(8-13)23-19(26)24-18-11-21-14(2)9-22-18/h4-9,11,15,20H,10,12H2,1-3H3,(H2,22,23,24,26). The van der Waals surface area contributed by atoms with Gasteiger partial charge in [-0.1, -0.05) is 6.07 Å². The number of aryl methyl sites for hydroxylation is 2. The summed E-state index contributed by atoms with van der Waals surface area (Å²) in [4.78, 5) is 22.6. The van der Waals surface area contributed by atoms with Gasteiger partial charge < -0.3 is 20.3 Å². The van der Waals surface area contributed by atoms with Crippen molar-refractivity contribution in [3.05, 3.63) is 54.3 Å². The number of benzene rings is 1. The number of ether oxygens (including phenoxy) is 1. The Morgan fingerprint density at radius 1 is 1.30 bits per heavy atom. The SMILES string of the molecule is Cc1ccc(OCC2CNC=CN2C)c(NC(=O)Nc2cnc(C)cn2)c1. The van der Waals surface area contributed by atoms with Crippen molar-refractivity contribution >= 4 is 17.5 Å². The smallest absolute Gasteiger partial charge is 0.324 e. The quantitative estimate of drug-likeness (QED) is 0.751. The lowest BCUT2D eigenvalue weighted by atomic mass is 10.2. The van der Waals surface area contributed by atoms with E-state index in [1.165, 1.54) is 6.20 Å². The molecule has 8 nitrogen and oxygen atoms in total. The second-order valence-electron chi connectivity index (χ2n) is 6.48. The van der Waals surface area contributed by atoms with Gasteiger partial charge in [-0.3, -0.25) is 10.3 Å². The zero-order valence-corrected chi connectivity index (χ0v) is 15.7. The molecule has 1 aliphatic rings. The summed E-state index contributed by atoms with van der Waals surface area (Å²) in [6.07, 6.45) is 7.00. The number of urea groups is 1. The lowest BCUT2D eigenvalue weighted by molar-refractivity contribution is 0.193. The highest BCUT2D eigenvalue weighted by molar-refractivity contribution is 6.00. The van der Waals surface area contributed by atoms with Crippen LogP contribution in [0, 0.1) is 13.8 Å². The molecule has 0 saturated heterocycles. The van der Waals surface area contributed by atoms with Gasteiger partial charge in [0.15, 0.2) is 5.82 Å². The molecule has 27 heavy (non-hydrogen) atoms. The highest BCUT2D eigenvalue weighted by Crippen LogP contribution is 2.26. The fraction of sp³-hybridized carbons (Fsp3) is 0.316. The molecule has 0 aliphatic carbocycles. The maximum Gasteiger partial charge on any atom is 0.324 e. The van der Waals surface area contributed by atoms with Gasteiger partial charge in [0.05, 0.1) is 29.8 Å². The number of likely N-dealkylation sites (N-methyl/N-ethyl adjacent to an activating group) is 1. The molecule has 8 heteroatoms. The Hall–Kier alpha value is -3.29. The van der Waals surface area contributed by atoms with Crippen molar-refractivity contribution in [2.24, 2.45) is 0 Å². The monoisotopic (exact) mass is 368 g/mol. The van der Waals surface area contributed by atoms with Gasteiger partial charge >= 0.3 is 6.03 Å². The minimum Gasteiger partial charge on any atom is -0.489 e. The molecule has 0 bridgehead atoms. The zero-order chi connectivity index (χ0) is 19.2. The van der Waals surface area contributed by atoms with E-state index >= 15 is 0 Å². The number of nitrogens with one attached hydrogen (secondary N) is 3. The molecule has 2 aromatic rings. The van der Waals surface area contributed by atoms with E-state index in [9.17, 15) is 4.79 Å². The van der Waals surface area contributed by atoms with Crippen LogP contribution in [0.3, 0.4) is 0 Å². The Balaban J connectivity index is 1.65. The number of amides is 2. The van der Waals surface area contributed by atoms with E-state index in [1.807, 2.05) is 51.5 Å². The van der Waals surface area contributed by atoms with Crippen LogP contribution in [0.4, 0.5) is 16.3 Å². The minimum absolute atomic E-state index is 0.209. The first-order valence-electron chi connectivity index (χ1n) is 8.73. The molecule has 0 spiro atoms. The average Bonchev–Trinajstić information content (AvgIpc) is 2.64. The van der Waals surface area contributed by atoms with Crippen LogP contribution in [0.25, 0.3) is 0 Å². The molecule has 3 rings (SSSR count). The van der Waals surface area contributed by atoms with E-state index in [0.717, 1.165) is 17.8 Å². The summed E-state index contributed by atoms with van der Waals surface area (Å²) in [7, 11) is 2.01. The molecule has 142 valence electrons. The van der Waals surface area contributed by atoms with Gasteiger partial charge in [0.2, 0.25) is 0 Å². The normalized spacial score (nSPS) is 15.8. The van der Waals surface area contributed by atoms with Crippen molar-refractivity contribution in [3.63, 3.8) is 0 Å². The molecule has 1 aromatic heterocycles. The van der Waals surface area contributed by atoms with Crippen LogP contribution in [0.15, 0.2) is 43.0 Å². The third kappa shape index (κ3) is 5.10. The van der Waals surface area contributed by atoms with Crippen LogP contribution in [0.1, 0.15) is 11.3 Å². The first-order chi connectivity index (χ1) is 13.0. The van der Waals surface area contributed by atoms with Crippen LogP contribution in [0.2, 0.25) is 0 Å². The molecular formula is C19H24N6O2. The second-order valence-corrected chi connectivity index (χ2v) is 6.48. The third-order valence-electron chi connectivity index (χ3n) is 4.19. The van der Waals surface area contributed by atoms with E-state index in [0.29, 0.717) is 23.9 Å². The Morgan fingerprint density at radius 3 is 2.89 bits per heavy atom. The maximum atomic E-state index is 12.3. The maximum absolute atomic E-state index is 12.3. The van der Waals surface area contributed by atoms with Gasteiger partial charge in [0, 0.05) is 26.0 Å². The van der Waals surface area contributed by atoms with E-state index in [4.69, 9.17) is 4.74 Å². The van der Waals surface area contributed by atoms with Crippen LogP contribution >= 0.6 is 0 Å². The zero-order valence-electron chi connectivity index (χ0n) is 15.7. The van der Waals surface area contributed by atoms with Crippen molar-refractivity contribution in [2.45, 2.75) is 19.9 Å². The fourth-order valence-corrected chi connectivity index (χ4v) is 2.60. The highest BCUT2D eigenvalue weighted by atomic mass is 16.5. The Labute approximate surface area is 158 Å². The molecule has 0 saturated carbocycles. The van der Waals surface area contributed by atoms with E-state index in [1.54, 1.807) is 6.20 Å². The number of hydrogen-bond acceptors (Lipinski definition) is 6. The molecule has 1 aromatic carbocycles. The summed E-state index contributed by atoms with van der Waals surface area (Å²) in [5.41, 5.74) is 2.41. The predicted octanol–water partition coefficient (Wildman–Crippen LogP) is 2.49. The van der Waals surface area contributed by atoms with E-state index < -0.39 is 6.03 Å². The first kappa shape index (κ1) is 18.5. The van der Waals surface area contributed by atoms with Crippen LogP contribution in [-0.4, -0.2) is 47.1 Å². The van der Waals surface area contributed by atoms with Gasteiger partial charge in [-0.05, 0) is 31.5 Å². The summed E-state index contributed by atoms with van der Waals surface area (Å²) >= 11 is 0. The lowest BCUT2D eigenvalue weighted by Gasteiger charge is -2.30. The molecule has 1 unspecified atom stereocenters. The summed E-state index contributed by atoms with van der Waals surface area (Å²) in [6, 6.07) is 5.50. The molecule has 1 aliphatic heterocycles. The van der Waals surface area contributed by atoms with Gasteiger partial charge in [-0.25, -0.2) is 9.78 Å². The second kappa shape index (κ2) is 8.39. The van der Waals surface area contributed by atoms with Gasteiger partial charge in [-0.2, -0.15) is 0 Å². The third-order valence-corrected chi connectivity index (χ3v) is 4.19. The number of rotatable bonds is 5. The first-order valence-corrected chi connectivity index (χ1v) is 8.73. The van der Waals surface area contributed by atoms with Crippen LogP contribution in [0.5, 0.6) is 5.75 Å². The van der Waals surface area contributed by atoms with E-state index in [2.05, 4.69) is 30.8 Å². The van der Waals surface area contributed by atoms with Crippen molar-refractivity contribution in [1.82, 2.24) is 20.2 Å². The van der Waals surface area contributed by atoms with Crippen LogP contribution < -0.4 is 20.7 Å². The minimum atomic E-state index is -0.400. The number of carbonyl (C=O) groups excluding carboxylic acids is 1. The summed E-state index contributed by atoms with van der Waals surface area (Å²) in [6.45, 7) is 5.09. The largest absolute Gasteiger partial charge is 0.489 e. The molecule has 2 heterocycles. The van der Waals surface area contributed by atoms with Gasteiger partial charge in [0.25, 0.3) is 0 Å². The topological polar surface area (TPSA) is 91.4 Å². The average molecular weight is 368 g/mol. The number of aromatic nitrogens is 2. The molecule has 2 amide bonds. The number of hydrogen-bond donors (Lipinski definition) is 3.